The average molecular weight is 951 g/mol. The van der Waals surface area contributed by atoms with E-state index < -0.39 is 12.1 Å². The van der Waals surface area contributed by atoms with E-state index in [-0.39, 0.29) is 38.0 Å². The smallest absolute Gasteiger partial charge is 0.306 e. The van der Waals surface area contributed by atoms with Crippen LogP contribution in [0.1, 0.15) is 213 Å². The first-order chi connectivity index (χ1) is 34.0. The van der Waals surface area contributed by atoms with Gasteiger partial charge in [-0.1, -0.05) is 218 Å². The zero-order chi connectivity index (χ0) is 50.0. The Hall–Kier alpha value is -4.71. The third kappa shape index (κ3) is 54.1. The molecule has 386 valence electrons. The lowest BCUT2D eigenvalue weighted by Crippen LogP contribution is -2.30. The van der Waals surface area contributed by atoms with Gasteiger partial charge in [-0.2, -0.15) is 0 Å². The summed E-state index contributed by atoms with van der Waals surface area (Å²) in [5.41, 5.74) is 0. The van der Waals surface area contributed by atoms with Crippen LogP contribution in [-0.2, 0) is 28.6 Å². The van der Waals surface area contributed by atoms with E-state index in [1.165, 1.54) is 64.2 Å². The summed E-state index contributed by atoms with van der Waals surface area (Å²) >= 11 is 0. The number of carbonyl (C=O) groups excluding carboxylic acids is 3. The van der Waals surface area contributed by atoms with Crippen molar-refractivity contribution in [3.05, 3.63) is 146 Å². The van der Waals surface area contributed by atoms with Crippen molar-refractivity contribution in [3.8, 4) is 0 Å². The van der Waals surface area contributed by atoms with E-state index >= 15 is 0 Å². The summed E-state index contributed by atoms with van der Waals surface area (Å²) in [6.07, 6.45) is 80.0. The average Bonchev–Trinajstić information content (AvgIpc) is 3.35. The van der Waals surface area contributed by atoms with E-state index in [4.69, 9.17) is 14.2 Å². The molecule has 1 atom stereocenters. The Morgan fingerprint density at radius 2 is 0.594 bits per heavy atom. The van der Waals surface area contributed by atoms with Crippen LogP contribution in [0.3, 0.4) is 0 Å². The SMILES string of the molecule is CC/C=C\C/C=C\C/C=C\C/C=C\C/C=C\C/C=C\CCC(=O)OC[C@H](COC(=O)CCCCCCC/C=C\CCCCCC)OC(=O)CC/C=C\C/C=C\C/C=C\C/C=C\C/C=C\CCCCC. The van der Waals surface area contributed by atoms with E-state index in [9.17, 15) is 14.4 Å². The van der Waals surface area contributed by atoms with Gasteiger partial charge < -0.3 is 14.2 Å². The molecule has 0 radical (unpaired) electrons. The van der Waals surface area contributed by atoms with E-state index in [2.05, 4.69) is 142 Å². The van der Waals surface area contributed by atoms with Gasteiger partial charge in [-0.25, -0.2) is 0 Å². The Bertz CT molecular complexity index is 1560. The summed E-state index contributed by atoms with van der Waals surface area (Å²) in [6.45, 7) is 6.32. The normalized spacial score (nSPS) is 13.3. The lowest BCUT2D eigenvalue weighted by Gasteiger charge is -2.18. The number of ether oxygens (including phenoxy) is 3. The molecule has 6 heteroatoms. The highest BCUT2D eigenvalue weighted by atomic mass is 16.6. The Labute approximate surface area is 423 Å². The van der Waals surface area contributed by atoms with Gasteiger partial charge in [0.1, 0.15) is 13.2 Å². The predicted octanol–water partition coefficient (Wildman–Crippen LogP) is 18.4. The van der Waals surface area contributed by atoms with Gasteiger partial charge in [0.05, 0.1) is 0 Å². The number of allylic oxidation sites excluding steroid dienone is 24. The molecule has 0 aromatic heterocycles. The molecule has 0 aromatic rings. The maximum Gasteiger partial charge on any atom is 0.306 e. The van der Waals surface area contributed by atoms with E-state index in [1.54, 1.807) is 0 Å². The van der Waals surface area contributed by atoms with Crippen LogP contribution in [0.25, 0.3) is 0 Å². The van der Waals surface area contributed by atoms with Gasteiger partial charge in [0.15, 0.2) is 6.10 Å². The van der Waals surface area contributed by atoms with E-state index in [1.807, 2.05) is 24.3 Å². The van der Waals surface area contributed by atoms with Gasteiger partial charge in [0, 0.05) is 19.3 Å². The summed E-state index contributed by atoms with van der Waals surface area (Å²) in [4.78, 5) is 38.0. The second-order valence-electron chi connectivity index (χ2n) is 17.4. The highest BCUT2D eigenvalue weighted by Crippen LogP contribution is 2.11. The van der Waals surface area contributed by atoms with E-state index in [0.717, 1.165) is 96.3 Å². The molecule has 0 saturated heterocycles. The number of hydrogen-bond acceptors (Lipinski definition) is 6. The summed E-state index contributed by atoms with van der Waals surface area (Å²) in [6, 6.07) is 0. The monoisotopic (exact) mass is 951 g/mol. The Morgan fingerprint density at radius 3 is 1.01 bits per heavy atom. The van der Waals surface area contributed by atoms with Crippen LogP contribution in [-0.4, -0.2) is 37.2 Å². The summed E-state index contributed by atoms with van der Waals surface area (Å²) < 4.78 is 16.7. The molecule has 0 bridgehead atoms. The van der Waals surface area contributed by atoms with Crippen molar-refractivity contribution >= 4 is 17.9 Å². The van der Waals surface area contributed by atoms with Crippen molar-refractivity contribution in [2.75, 3.05) is 13.2 Å². The standard InChI is InChI=1S/C63H98O6/c1-4-7-10-13-16-19-22-25-27-29-31-33-35-38-41-44-47-50-53-56-62(65)68-59-60(58-67-61(64)55-52-49-46-43-40-37-24-21-18-15-12-9-6-3)69-63(66)57-54-51-48-45-42-39-36-34-32-30-28-26-23-20-17-14-11-8-5-2/h7,10,16-17,19-21,24-28,31-34,38-39,41-42,47-48,50-51,60H,4-6,8-9,11-15,18,22-23,29-30,35-37,40,43-46,49,52-59H2,1-3H3/b10-7-,19-16-,20-17-,24-21-,27-25-,28-26-,33-31-,34-32-,41-38-,42-39-,50-47-,51-48-/t60-/m0/s1. The van der Waals surface area contributed by atoms with Crippen LogP contribution < -0.4 is 0 Å². The van der Waals surface area contributed by atoms with Crippen molar-refractivity contribution < 1.29 is 28.6 Å². The van der Waals surface area contributed by atoms with Crippen LogP contribution in [0.2, 0.25) is 0 Å². The Morgan fingerprint density at radius 1 is 0.304 bits per heavy atom. The van der Waals surface area contributed by atoms with E-state index in [0.29, 0.717) is 19.3 Å². The number of esters is 3. The third-order valence-electron chi connectivity index (χ3n) is 10.8. The van der Waals surface area contributed by atoms with Gasteiger partial charge in [-0.05, 0) is 122 Å². The molecule has 0 spiro atoms. The maximum atomic E-state index is 12.8. The minimum Gasteiger partial charge on any atom is -0.462 e. The molecule has 0 rings (SSSR count). The topological polar surface area (TPSA) is 78.9 Å². The molecule has 69 heavy (non-hydrogen) atoms. The predicted molar refractivity (Wildman–Crippen MR) is 297 cm³/mol. The van der Waals surface area contributed by atoms with Crippen LogP contribution in [0.15, 0.2) is 146 Å². The minimum atomic E-state index is -0.858. The van der Waals surface area contributed by atoms with Crippen LogP contribution in [0.4, 0.5) is 0 Å². The van der Waals surface area contributed by atoms with Gasteiger partial charge in [-0.3, -0.25) is 14.4 Å². The first-order valence-electron chi connectivity index (χ1n) is 27.3. The van der Waals surface area contributed by atoms with Crippen LogP contribution in [0.5, 0.6) is 0 Å². The molecule has 0 aliphatic rings. The molecule has 0 saturated carbocycles. The third-order valence-corrected chi connectivity index (χ3v) is 10.8. The molecular weight excluding hydrogens is 853 g/mol. The van der Waals surface area contributed by atoms with Gasteiger partial charge in [0.2, 0.25) is 0 Å². The molecule has 6 nitrogen and oxygen atoms in total. The van der Waals surface area contributed by atoms with Crippen LogP contribution >= 0.6 is 0 Å². The lowest BCUT2D eigenvalue weighted by atomic mass is 10.1. The van der Waals surface area contributed by atoms with Gasteiger partial charge in [0.25, 0.3) is 0 Å². The summed E-state index contributed by atoms with van der Waals surface area (Å²) in [5.74, 6) is -1.13. The van der Waals surface area contributed by atoms with Crippen molar-refractivity contribution in [3.63, 3.8) is 0 Å². The lowest BCUT2D eigenvalue weighted by molar-refractivity contribution is -0.166. The number of carbonyl (C=O) groups is 3. The van der Waals surface area contributed by atoms with Crippen LogP contribution in [0, 0.1) is 0 Å². The van der Waals surface area contributed by atoms with Crippen molar-refractivity contribution in [2.45, 2.75) is 219 Å². The second kappa shape index (κ2) is 55.9. The fraction of sp³-hybridized carbons (Fsp3) is 0.571. The molecule has 0 N–H and O–H groups in total. The highest BCUT2D eigenvalue weighted by molar-refractivity contribution is 5.71. The first-order valence-corrected chi connectivity index (χ1v) is 27.3. The zero-order valence-corrected chi connectivity index (χ0v) is 44.0. The molecular formula is C63H98O6. The quantitative estimate of drug-likeness (QED) is 0.0262. The Kier molecular flexibility index (Phi) is 52.1. The zero-order valence-electron chi connectivity index (χ0n) is 44.0. The van der Waals surface area contributed by atoms with Gasteiger partial charge in [-0.15, -0.1) is 0 Å². The van der Waals surface area contributed by atoms with Gasteiger partial charge >= 0.3 is 17.9 Å². The van der Waals surface area contributed by atoms with Crippen molar-refractivity contribution in [1.29, 1.82) is 0 Å². The fourth-order valence-corrected chi connectivity index (χ4v) is 6.74. The summed E-state index contributed by atoms with van der Waals surface area (Å²) in [5, 5.41) is 0. The molecule has 0 aliphatic heterocycles. The minimum absolute atomic E-state index is 0.141. The highest BCUT2D eigenvalue weighted by Gasteiger charge is 2.19. The fourth-order valence-electron chi connectivity index (χ4n) is 6.74. The molecule has 0 unspecified atom stereocenters. The molecule has 0 aliphatic carbocycles. The molecule has 0 aromatic carbocycles. The summed E-state index contributed by atoms with van der Waals surface area (Å²) in [7, 11) is 0. The molecule has 0 fully saturated rings. The molecule has 0 amide bonds. The first kappa shape index (κ1) is 64.3. The number of rotatable bonds is 47. The molecule has 0 heterocycles. The van der Waals surface area contributed by atoms with Crippen molar-refractivity contribution in [2.24, 2.45) is 0 Å². The van der Waals surface area contributed by atoms with Crippen molar-refractivity contribution in [1.82, 2.24) is 0 Å². The number of hydrogen-bond donors (Lipinski definition) is 0. The maximum absolute atomic E-state index is 12.8. The Balaban J connectivity index is 4.65. The largest absolute Gasteiger partial charge is 0.462 e. The number of unbranched alkanes of at least 4 members (excludes halogenated alkanes) is 12. The second-order valence-corrected chi connectivity index (χ2v) is 17.4.